The highest BCUT2D eigenvalue weighted by Crippen LogP contribution is 2.28. The molecular weight excluding hydrogens is 255 g/mol. The third kappa shape index (κ3) is 2.44. The van der Waals surface area contributed by atoms with E-state index in [2.05, 4.69) is 4.98 Å². The summed E-state index contributed by atoms with van der Waals surface area (Å²) in [6.07, 6.45) is 0.429. The average Bonchev–Trinajstić information content (AvgIpc) is 2.35. The molecule has 2 rings (SSSR count). The molecule has 1 heterocycles. The van der Waals surface area contributed by atoms with E-state index < -0.39 is 6.10 Å². The van der Waals surface area contributed by atoms with Gasteiger partial charge in [0, 0.05) is 11.8 Å². The fourth-order valence-corrected chi connectivity index (χ4v) is 1.87. The SMILES string of the molecule is Cc1cc(C(O)c2cc(Cl)cnc2N)ccc1F. The third-order valence-electron chi connectivity index (χ3n) is 2.71. The zero-order valence-corrected chi connectivity index (χ0v) is 10.4. The number of aliphatic hydroxyl groups excluding tert-OH is 1. The molecule has 1 aromatic heterocycles. The lowest BCUT2D eigenvalue weighted by molar-refractivity contribution is 0.220. The average molecular weight is 267 g/mol. The standard InChI is InChI=1S/C13H12ClFN2O/c1-7-4-8(2-3-11(7)15)12(18)10-5-9(14)6-17-13(10)16/h2-6,12,18H,1H3,(H2,16,17). The summed E-state index contributed by atoms with van der Waals surface area (Å²) in [5.41, 5.74) is 7.11. The van der Waals surface area contributed by atoms with Crippen molar-refractivity contribution in [1.29, 1.82) is 0 Å². The summed E-state index contributed by atoms with van der Waals surface area (Å²) in [5.74, 6) is -0.114. The molecule has 0 aliphatic rings. The Labute approximate surface area is 109 Å². The number of aromatic nitrogens is 1. The molecule has 3 nitrogen and oxygen atoms in total. The summed E-state index contributed by atoms with van der Waals surface area (Å²) in [7, 11) is 0. The molecule has 94 valence electrons. The van der Waals surface area contributed by atoms with Gasteiger partial charge in [-0.1, -0.05) is 23.7 Å². The van der Waals surface area contributed by atoms with Crippen LogP contribution in [0.2, 0.25) is 5.02 Å². The van der Waals surface area contributed by atoms with E-state index >= 15 is 0 Å². The van der Waals surface area contributed by atoms with Crippen LogP contribution in [-0.4, -0.2) is 10.1 Å². The minimum atomic E-state index is -0.976. The lowest BCUT2D eigenvalue weighted by atomic mass is 10.0. The molecule has 1 aromatic carbocycles. The highest BCUT2D eigenvalue weighted by Gasteiger charge is 2.15. The Morgan fingerprint density at radius 1 is 1.39 bits per heavy atom. The number of aryl methyl sites for hydroxylation is 1. The molecule has 1 atom stereocenters. The molecule has 0 saturated carbocycles. The minimum Gasteiger partial charge on any atom is -0.384 e. The molecule has 0 radical (unpaired) electrons. The van der Waals surface area contributed by atoms with Gasteiger partial charge in [-0.3, -0.25) is 0 Å². The van der Waals surface area contributed by atoms with Crippen LogP contribution in [0.25, 0.3) is 0 Å². The molecule has 5 heteroatoms. The summed E-state index contributed by atoms with van der Waals surface area (Å²) in [6.45, 7) is 1.63. The first-order valence-corrected chi connectivity index (χ1v) is 5.72. The van der Waals surface area contributed by atoms with Gasteiger partial charge in [-0.2, -0.15) is 0 Å². The van der Waals surface area contributed by atoms with Gasteiger partial charge in [0.25, 0.3) is 0 Å². The largest absolute Gasteiger partial charge is 0.384 e. The van der Waals surface area contributed by atoms with Crippen LogP contribution < -0.4 is 5.73 Å². The van der Waals surface area contributed by atoms with Crippen LogP contribution in [0.3, 0.4) is 0 Å². The Hall–Kier alpha value is -1.65. The van der Waals surface area contributed by atoms with Gasteiger partial charge in [0.2, 0.25) is 0 Å². The van der Waals surface area contributed by atoms with Crippen molar-refractivity contribution in [2.45, 2.75) is 13.0 Å². The molecule has 1 unspecified atom stereocenters. The first-order valence-electron chi connectivity index (χ1n) is 5.34. The fourth-order valence-electron chi connectivity index (χ4n) is 1.70. The zero-order valence-electron chi connectivity index (χ0n) is 9.69. The fraction of sp³-hybridized carbons (Fsp3) is 0.154. The van der Waals surface area contributed by atoms with Gasteiger partial charge in [-0.15, -0.1) is 0 Å². The van der Waals surface area contributed by atoms with Crippen molar-refractivity contribution in [1.82, 2.24) is 4.98 Å². The van der Waals surface area contributed by atoms with Crippen molar-refractivity contribution in [2.75, 3.05) is 5.73 Å². The van der Waals surface area contributed by atoms with Gasteiger partial charge in [0.05, 0.1) is 5.02 Å². The summed E-state index contributed by atoms with van der Waals surface area (Å²) in [5, 5.41) is 10.6. The lowest BCUT2D eigenvalue weighted by Crippen LogP contribution is -2.06. The van der Waals surface area contributed by atoms with Crippen LogP contribution in [0.1, 0.15) is 22.8 Å². The molecule has 0 bridgehead atoms. The van der Waals surface area contributed by atoms with Crippen LogP contribution in [-0.2, 0) is 0 Å². The minimum absolute atomic E-state index is 0.203. The number of benzene rings is 1. The smallest absolute Gasteiger partial charge is 0.129 e. The van der Waals surface area contributed by atoms with E-state index in [0.29, 0.717) is 21.7 Å². The number of aliphatic hydroxyl groups is 1. The third-order valence-corrected chi connectivity index (χ3v) is 2.92. The first-order chi connectivity index (χ1) is 8.49. The maximum absolute atomic E-state index is 13.2. The van der Waals surface area contributed by atoms with Crippen molar-refractivity contribution in [3.05, 3.63) is 58.0 Å². The number of hydrogen-bond acceptors (Lipinski definition) is 3. The lowest BCUT2D eigenvalue weighted by Gasteiger charge is -2.14. The van der Waals surface area contributed by atoms with Gasteiger partial charge < -0.3 is 10.8 Å². The molecular formula is C13H12ClFN2O. The summed E-state index contributed by atoms with van der Waals surface area (Å²) in [6, 6.07) is 5.93. The molecule has 0 spiro atoms. The Bertz CT molecular complexity index is 589. The maximum Gasteiger partial charge on any atom is 0.129 e. The Morgan fingerprint density at radius 3 is 2.78 bits per heavy atom. The predicted molar refractivity (Wildman–Crippen MR) is 68.9 cm³/mol. The van der Waals surface area contributed by atoms with E-state index in [1.165, 1.54) is 18.3 Å². The molecule has 3 N–H and O–H groups in total. The Kier molecular flexibility index (Phi) is 3.50. The number of nitrogens with two attached hydrogens (primary N) is 1. The first kappa shape index (κ1) is 12.8. The second-order valence-corrected chi connectivity index (χ2v) is 4.48. The normalized spacial score (nSPS) is 12.4. The van der Waals surface area contributed by atoms with Gasteiger partial charge in [0.15, 0.2) is 0 Å². The number of halogens is 2. The van der Waals surface area contributed by atoms with E-state index in [0.717, 1.165) is 0 Å². The highest BCUT2D eigenvalue weighted by molar-refractivity contribution is 6.30. The molecule has 0 fully saturated rings. The number of pyridine rings is 1. The van der Waals surface area contributed by atoms with Crippen molar-refractivity contribution in [3.8, 4) is 0 Å². The molecule has 18 heavy (non-hydrogen) atoms. The van der Waals surface area contributed by atoms with E-state index in [9.17, 15) is 9.50 Å². The van der Waals surface area contributed by atoms with E-state index in [4.69, 9.17) is 17.3 Å². The van der Waals surface area contributed by atoms with Crippen LogP contribution in [0.5, 0.6) is 0 Å². The van der Waals surface area contributed by atoms with Crippen LogP contribution in [0.15, 0.2) is 30.5 Å². The van der Waals surface area contributed by atoms with E-state index in [-0.39, 0.29) is 11.6 Å². The maximum atomic E-state index is 13.2. The monoisotopic (exact) mass is 266 g/mol. The van der Waals surface area contributed by atoms with Crippen LogP contribution in [0.4, 0.5) is 10.2 Å². The van der Waals surface area contributed by atoms with Crippen molar-refractivity contribution in [2.24, 2.45) is 0 Å². The second-order valence-electron chi connectivity index (χ2n) is 4.04. The summed E-state index contributed by atoms with van der Waals surface area (Å²) >= 11 is 5.82. The number of hydrogen-bond donors (Lipinski definition) is 2. The van der Waals surface area contributed by atoms with Gasteiger partial charge in [-0.25, -0.2) is 9.37 Å². The molecule has 0 amide bonds. The molecule has 0 saturated heterocycles. The number of nitrogen functional groups attached to an aromatic ring is 1. The Morgan fingerprint density at radius 2 is 2.11 bits per heavy atom. The van der Waals surface area contributed by atoms with Gasteiger partial charge in [0.1, 0.15) is 17.7 Å². The highest BCUT2D eigenvalue weighted by atomic mass is 35.5. The van der Waals surface area contributed by atoms with E-state index in [1.54, 1.807) is 19.1 Å². The summed E-state index contributed by atoms with van der Waals surface area (Å²) < 4.78 is 13.2. The Balaban J connectivity index is 2.44. The van der Waals surface area contributed by atoms with Crippen LogP contribution in [0, 0.1) is 12.7 Å². The van der Waals surface area contributed by atoms with E-state index in [1.807, 2.05) is 0 Å². The summed E-state index contributed by atoms with van der Waals surface area (Å²) in [4.78, 5) is 3.88. The second kappa shape index (κ2) is 4.92. The topological polar surface area (TPSA) is 59.1 Å². The van der Waals surface area contributed by atoms with Gasteiger partial charge in [-0.05, 0) is 30.2 Å². The molecule has 2 aromatic rings. The number of rotatable bonds is 2. The van der Waals surface area contributed by atoms with Crippen molar-refractivity contribution < 1.29 is 9.50 Å². The molecule has 0 aliphatic heterocycles. The zero-order chi connectivity index (χ0) is 13.3. The number of nitrogens with zero attached hydrogens (tertiary/aromatic N) is 1. The van der Waals surface area contributed by atoms with Crippen LogP contribution >= 0.6 is 11.6 Å². The van der Waals surface area contributed by atoms with Gasteiger partial charge >= 0.3 is 0 Å². The molecule has 0 aliphatic carbocycles. The van der Waals surface area contributed by atoms with Crippen molar-refractivity contribution in [3.63, 3.8) is 0 Å². The predicted octanol–water partition coefficient (Wildman–Crippen LogP) is 2.85. The number of anilines is 1. The quantitative estimate of drug-likeness (QED) is 0.879. The van der Waals surface area contributed by atoms with Crippen molar-refractivity contribution >= 4 is 17.4 Å².